The SMILES string of the molecule is CCOC(=O)C1(Nc2ccccc2C)CCNCC1. The number of esters is 1. The molecule has 1 aromatic carbocycles. The van der Waals surface area contributed by atoms with Crippen LogP contribution in [0, 0.1) is 6.92 Å². The van der Waals surface area contributed by atoms with E-state index in [9.17, 15) is 4.79 Å². The summed E-state index contributed by atoms with van der Waals surface area (Å²) in [6, 6.07) is 8.04. The van der Waals surface area contributed by atoms with Crippen molar-refractivity contribution in [3.8, 4) is 0 Å². The first-order chi connectivity index (χ1) is 9.18. The van der Waals surface area contributed by atoms with Crippen LogP contribution in [0.1, 0.15) is 25.3 Å². The Labute approximate surface area is 114 Å². The molecule has 1 heterocycles. The lowest BCUT2D eigenvalue weighted by Gasteiger charge is -2.37. The Balaban J connectivity index is 2.23. The number of hydrogen-bond acceptors (Lipinski definition) is 4. The zero-order chi connectivity index (χ0) is 13.7. The highest BCUT2D eigenvalue weighted by Gasteiger charge is 2.41. The molecular weight excluding hydrogens is 240 g/mol. The van der Waals surface area contributed by atoms with Crippen molar-refractivity contribution in [3.63, 3.8) is 0 Å². The highest BCUT2D eigenvalue weighted by atomic mass is 16.5. The van der Waals surface area contributed by atoms with Crippen LogP contribution in [0.3, 0.4) is 0 Å². The average Bonchev–Trinajstić information content (AvgIpc) is 2.43. The number of para-hydroxylation sites is 1. The van der Waals surface area contributed by atoms with Gasteiger partial charge in [-0.1, -0.05) is 18.2 Å². The molecule has 104 valence electrons. The number of carbonyl (C=O) groups is 1. The summed E-state index contributed by atoms with van der Waals surface area (Å²) < 4.78 is 5.27. The Hall–Kier alpha value is -1.55. The number of piperidine rings is 1. The lowest BCUT2D eigenvalue weighted by Crippen LogP contribution is -2.54. The van der Waals surface area contributed by atoms with Crippen molar-refractivity contribution in [2.24, 2.45) is 0 Å². The molecule has 2 N–H and O–H groups in total. The van der Waals surface area contributed by atoms with Crippen molar-refractivity contribution >= 4 is 11.7 Å². The number of rotatable bonds is 4. The molecule has 1 saturated heterocycles. The van der Waals surface area contributed by atoms with Crippen molar-refractivity contribution in [3.05, 3.63) is 29.8 Å². The van der Waals surface area contributed by atoms with Crippen LogP contribution >= 0.6 is 0 Å². The number of benzene rings is 1. The van der Waals surface area contributed by atoms with Crippen LogP contribution in [0.5, 0.6) is 0 Å². The number of anilines is 1. The molecule has 0 aromatic heterocycles. The number of hydrogen-bond donors (Lipinski definition) is 2. The first-order valence-corrected chi connectivity index (χ1v) is 6.90. The van der Waals surface area contributed by atoms with Crippen LogP contribution in [0.4, 0.5) is 5.69 Å². The third-order valence-electron chi connectivity index (χ3n) is 3.64. The molecule has 1 fully saturated rings. The van der Waals surface area contributed by atoms with E-state index < -0.39 is 5.54 Å². The second-order valence-corrected chi connectivity index (χ2v) is 4.99. The minimum Gasteiger partial charge on any atom is -0.464 e. The summed E-state index contributed by atoms with van der Waals surface area (Å²) in [6.45, 7) is 5.97. The van der Waals surface area contributed by atoms with E-state index >= 15 is 0 Å². The normalized spacial score (nSPS) is 17.8. The lowest BCUT2D eigenvalue weighted by molar-refractivity contribution is -0.149. The molecule has 4 heteroatoms. The van der Waals surface area contributed by atoms with E-state index in [1.54, 1.807) is 0 Å². The monoisotopic (exact) mass is 262 g/mol. The Bertz CT molecular complexity index is 440. The van der Waals surface area contributed by atoms with Crippen molar-refractivity contribution in [2.75, 3.05) is 25.0 Å². The van der Waals surface area contributed by atoms with Gasteiger partial charge in [-0.05, 0) is 51.4 Å². The van der Waals surface area contributed by atoms with Gasteiger partial charge in [0.05, 0.1) is 6.61 Å². The Morgan fingerprint density at radius 3 is 2.68 bits per heavy atom. The minimum absolute atomic E-state index is 0.139. The molecule has 2 rings (SSSR count). The molecule has 19 heavy (non-hydrogen) atoms. The number of aryl methyl sites for hydroxylation is 1. The minimum atomic E-state index is -0.590. The Morgan fingerprint density at radius 2 is 2.05 bits per heavy atom. The van der Waals surface area contributed by atoms with E-state index in [2.05, 4.69) is 10.6 Å². The van der Waals surface area contributed by atoms with Gasteiger partial charge in [0, 0.05) is 5.69 Å². The molecule has 0 atom stereocenters. The van der Waals surface area contributed by atoms with E-state index in [0.717, 1.165) is 37.2 Å². The number of carbonyl (C=O) groups excluding carboxylic acids is 1. The predicted molar refractivity (Wildman–Crippen MR) is 76.3 cm³/mol. The average molecular weight is 262 g/mol. The quantitative estimate of drug-likeness (QED) is 0.816. The predicted octanol–water partition coefficient (Wildman–Crippen LogP) is 2.09. The summed E-state index contributed by atoms with van der Waals surface area (Å²) >= 11 is 0. The van der Waals surface area contributed by atoms with Gasteiger partial charge in [0.1, 0.15) is 5.54 Å². The van der Waals surface area contributed by atoms with Crippen LogP contribution in [-0.4, -0.2) is 31.2 Å². The van der Waals surface area contributed by atoms with E-state index in [-0.39, 0.29) is 5.97 Å². The first kappa shape index (κ1) is 13.9. The van der Waals surface area contributed by atoms with Crippen molar-refractivity contribution in [1.82, 2.24) is 5.32 Å². The molecule has 0 bridgehead atoms. The second kappa shape index (κ2) is 6.06. The summed E-state index contributed by atoms with van der Waals surface area (Å²) in [7, 11) is 0. The van der Waals surface area contributed by atoms with Gasteiger partial charge in [-0.25, -0.2) is 4.79 Å². The maximum Gasteiger partial charge on any atom is 0.331 e. The summed E-state index contributed by atoms with van der Waals surface area (Å²) in [5.41, 5.74) is 1.56. The van der Waals surface area contributed by atoms with Crippen LogP contribution < -0.4 is 10.6 Å². The molecule has 0 amide bonds. The van der Waals surface area contributed by atoms with Gasteiger partial charge in [-0.2, -0.15) is 0 Å². The number of ether oxygens (including phenoxy) is 1. The fourth-order valence-electron chi connectivity index (χ4n) is 2.47. The topological polar surface area (TPSA) is 50.4 Å². The van der Waals surface area contributed by atoms with E-state index in [1.807, 2.05) is 38.1 Å². The molecule has 0 saturated carbocycles. The highest BCUT2D eigenvalue weighted by Crippen LogP contribution is 2.27. The fraction of sp³-hybridized carbons (Fsp3) is 0.533. The molecule has 4 nitrogen and oxygen atoms in total. The zero-order valence-corrected chi connectivity index (χ0v) is 11.7. The van der Waals surface area contributed by atoms with Gasteiger partial charge >= 0.3 is 5.97 Å². The van der Waals surface area contributed by atoms with E-state index in [1.165, 1.54) is 0 Å². The largest absolute Gasteiger partial charge is 0.464 e. The zero-order valence-electron chi connectivity index (χ0n) is 11.7. The van der Waals surface area contributed by atoms with Crippen molar-refractivity contribution in [1.29, 1.82) is 0 Å². The van der Waals surface area contributed by atoms with Crippen molar-refractivity contribution in [2.45, 2.75) is 32.2 Å². The second-order valence-electron chi connectivity index (χ2n) is 4.99. The van der Waals surface area contributed by atoms with Crippen LogP contribution in [0.15, 0.2) is 24.3 Å². The van der Waals surface area contributed by atoms with Gasteiger partial charge < -0.3 is 15.4 Å². The van der Waals surface area contributed by atoms with Gasteiger partial charge in [-0.3, -0.25) is 0 Å². The molecule has 1 aliphatic heterocycles. The smallest absolute Gasteiger partial charge is 0.331 e. The first-order valence-electron chi connectivity index (χ1n) is 6.90. The molecular formula is C15H22N2O2. The van der Waals surface area contributed by atoms with Crippen LogP contribution in [0.2, 0.25) is 0 Å². The molecule has 0 aliphatic carbocycles. The van der Waals surface area contributed by atoms with Gasteiger partial charge in [0.2, 0.25) is 0 Å². The Kier molecular flexibility index (Phi) is 4.43. The molecule has 0 unspecified atom stereocenters. The summed E-state index contributed by atoms with van der Waals surface area (Å²) in [5.74, 6) is -0.139. The molecule has 1 aromatic rings. The van der Waals surface area contributed by atoms with Gasteiger partial charge in [-0.15, -0.1) is 0 Å². The molecule has 0 radical (unpaired) electrons. The van der Waals surface area contributed by atoms with Gasteiger partial charge in [0.25, 0.3) is 0 Å². The van der Waals surface area contributed by atoms with Crippen LogP contribution in [-0.2, 0) is 9.53 Å². The summed E-state index contributed by atoms with van der Waals surface area (Å²) in [4.78, 5) is 12.3. The van der Waals surface area contributed by atoms with E-state index in [4.69, 9.17) is 4.74 Å². The molecule has 0 spiro atoms. The maximum absolute atomic E-state index is 12.3. The Morgan fingerprint density at radius 1 is 1.37 bits per heavy atom. The lowest BCUT2D eigenvalue weighted by atomic mass is 9.87. The highest BCUT2D eigenvalue weighted by molar-refractivity contribution is 5.85. The third kappa shape index (κ3) is 3.07. The maximum atomic E-state index is 12.3. The third-order valence-corrected chi connectivity index (χ3v) is 3.64. The standard InChI is InChI=1S/C15H22N2O2/c1-3-19-14(18)15(8-10-16-11-9-15)17-13-7-5-4-6-12(13)2/h4-7,16-17H,3,8-11H2,1-2H3. The summed E-state index contributed by atoms with van der Waals surface area (Å²) in [5, 5.41) is 6.72. The van der Waals surface area contributed by atoms with Crippen molar-refractivity contribution < 1.29 is 9.53 Å². The fourth-order valence-corrected chi connectivity index (χ4v) is 2.47. The molecule has 1 aliphatic rings. The number of nitrogens with one attached hydrogen (secondary N) is 2. The van der Waals surface area contributed by atoms with Crippen LogP contribution in [0.25, 0.3) is 0 Å². The van der Waals surface area contributed by atoms with E-state index in [0.29, 0.717) is 6.61 Å². The van der Waals surface area contributed by atoms with Gasteiger partial charge in [0.15, 0.2) is 0 Å². The summed E-state index contributed by atoms with van der Waals surface area (Å²) in [6.07, 6.45) is 1.50.